The number of carbonyl (C=O) groups excluding carboxylic acids is 1. The monoisotopic (exact) mass is 399 g/mol. The number of methoxy groups -OCH3 is 1. The normalized spacial score (nSPS) is 20.3. The average Bonchev–Trinajstić information content (AvgIpc) is 2.69. The van der Waals surface area contributed by atoms with E-state index in [1.165, 1.54) is 8.61 Å². The molecule has 0 atom stereocenters. The van der Waals surface area contributed by atoms with Gasteiger partial charge in [-0.3, -0.25) is 4.79 Å². The highest BCUT2D eigenvalue weighted by molar-refractivity contribution is 7.86. The molecule has 1 amide bonds. The Bertz CT molecular complexity index is 726. The number of hydrogen-bond acceptors (Lipinski definition) is 5. The molecule has 0 radical (unpaired) electrons. The van der Waals surface area contributed by atoms with Crippen LogP contribution in [0, 0.1) is 0 Å². The fourth-order valence-corrected chi connectivity index (χ4v) is 4.84. The van der Waals surface area contributed by atoms with Crippen LogP contribution in [0.25, 0.3) is 0 Å². The second kappa shape index (κ2) is 8.98. The van der Waals surface area contributed by atoms with Crippen molar-refractivity contribution in [2.45, 2.75) is 0 Å². The molecule has 1 aromatic rings. The summed E-state index contributed by atoms with van der Waals surface area (Å²) in [6.45, 7) is 4.07. The Balaban J connectivity index is 1.46. The third-order valence-electron chi connectivity index (χ3n) is 4.84. The van der Waals surface area contributed by atoms with Crippen LogP contribution in [0.4, 0.5) is 5.69 Å². The van der Waals surface area contributed by atoms with Crippen molar-refractivity contribution >= 4 is 21.8 Å². The number of quaternary nitrogens is 1. The smallest absolute Gasteiger partial charge is 0.282 e. The lowest BCUT2D eigenvalue weighted by Crippen LogP contribution is -3.15. The molecule has 150 valence electrons. The summed E-state index contributed by atoms with van der Waals surface area (Å²) in [5, 5.41) is 2.86. The predicted octanol–water partition coefficient (Wildman–Crippen LogP) is -1.59. The van der Waals surface area contributed by atoms with Gasteiger partial charge >= 0.3 is 0 Å². The predicted molar refractivity (Wildman–Crippen MR) is 100 cm³/mol. The summed E-state index contributed by atoms with van der Waals surface area (Å²) in [7, 11) is -1.84. The number of nitrogens with one attached hydrogen (secondary N) is 2. The number of amides is 1. The van der Waals surface area contributed by atoms with E-state index in [1.807, 2.05) is 0 Å². The van der Waals surface area contributed by atoms with Crippen molar-refractivity contribution in [3.05, 3.63) is 24.3 Å². The lowest BCUT2D eigenvalue weighted by molar-refractivity contribution is -0.895. The van der Waals surface area contributed by atoms with Crippen LogP contribution in [0.15, 0.2) is 24.3 Å². The van der Waals surface area contributed by atoms with Crippen molar-refractivity contribution < 1.29 is 27.6 Å². The molecule has 2 aliphatic heterocycles. The summed E-state index contributed by atoms with van der Waals surface area (Å²) >= 11 is 0. The van der Waals surface area contributed by atoms with Crippen molar-refractivity contribution in [1.82, 2.24) is 8.61 Å². The first-order valence-electron chi connectivity index (χ1n) is 9.09. The number of rotatable bonds is 6. The van der Waals surface area contributed by atoms with Gasteiger partial charge in [0.1, 0.15) is 5.75 Å². The van der Waals surface area contributed by atoms with Gasteiger partial charge in [-0.05, 0) is 24.3 Å². The third-order valence-corrected chi connectivity index (χ3v) is 6.87. The number of carbonyl (C=O) groups is 1. The molecule has 1 aromatic carbocycles. The molecule has 9 nitrogen and oxygen atoms in total. The largest absolute Gasteiger partial charge is 0.497 e. The Labute approximate surface area is 160 Å². The first-order chi connectivity index (χ1) is 13.0. The number of nitrogens with zero attached hydrogens (tertiary/aromatic N) is 2. The van der Waals surface area contributed by atoms with Crippen molar-refractivity contribution in [2.75, 3.05) is 71.5 Å². The Kier molecular flexibility index (Phi) is 6.66. The van der Waals surface area contributed by atoms with Gasteiger partial charge in [0, 0.05) is 18.8 Å². The number of morpholine rings is 1. The van der Waals surface area contributed by atoms with Gasteiger partial charge in [-0.25, -0.2) is 0 Å². The molecule has 0 aliphatic carbocycles. The highest BCUT2D eigenvalue weighted by Crippen LogP contribution is 2.14. The van der Waals surface area contributed by atoms with Gasteiger partial charge in [-0.2, -0.15) is 17.0 Å². The Morgan fingerprint density at radius 1 is 1.11 bits per heavy atom. The molecule has 27 heavy (non-hydrogen) atoms. The first kappa shape index (κ1) is 20.0. The fraction of sp³-hybridized carbons (Fsp3) is 0.588. The van der Waals surface area contributed by atoms with Crippen LogP contribution in [0.5, 0.6) is 5.75 Å². The molecule has 3 rings (SSSR count). The van der Waals surface area contributed by atoms with E-state index >= 15 is 0 Å². The highest BCUT2D eigenvalue weighted by atomic mass is 32.2. The van der Waals surface area contributed by atoms with E-state index in [1.54, 1.807) is 31.4 Å². The Morgan fingerprint density at radius 2 is 1.70 bits per heavy atom. The summed E-state index contributed by atoms with van der Waals surface area (Å²) in [6, 6.07) is 7.16. The first-order valence-corrected chi connectivity index (χ1v) is 10.5. The summed E-state index contributed by atoms with van der Waals surface area (Å²) in [6.07, 6.45) is 0. The second-order valence-corrected chi connectivity index (χ2v) is 8.55. The molecule has 0 aromatic heterocycles. The van der Waals surface area contributed by atoms with Gasteiger partial charge in [0.2, 0.25) is 0 Å². The van der Waals surface area contributed by atoms with E-state index in [0.29, 0.717) is 64.7 Å². The minimum Gasteiger partial charge on any atom is -0.497 e. The maximum absolute atomic E-state index is 12.7. The zero-order valence-corrected chi connectivity index (χ0v) is 16.3. The van der Waals surface area contributed by atoms with E-state index in [9.17, 15) is 13.2 Å². The number of benzene rings is 1. The average molecular weight is 399 g/mol. The summed E-state index contributed by atoms with van der Waals surface area (Å²) in [5.41, 5.74) is 0.716. The zero-order chi connectivity index (χ0) is 19.3. The van der Waals surface area contributed by atoms with Crippen molar-refractivity contribution in [3.63, 3.8) is 0 Å². The van der Waals surface area contributed by atoms with E-state index in [0.717, 1.165) is 10.6 Å². The molecule has 0 saturated carbocycles. The molecule has 2 saturated heterocycles. The second-order valence-electron chi connectivity index (χ2n) is 6.62. The van der Waals surface area contributed by atoms with Crippen LogP contribution in [0.3, 0.4) is 0 Å². The number of anilines is 1. The maximum atomic E-state index is 12.7. The van der Waals surface area contributed by atoms with Gasteiger partial charge in [-0.15, -0.1) is 0 Å². The Hall–Kier alpha value is -1.72. The van der Waals surface area contributed by atoms with Crippen LogP contribution >= 0.6 is 0 Å². The minimum atomic E-state index is -3.43. The molecule has 2 aliphatic rings. The summed E-state index contributed by atoms with van der Waals surface area (Å²) in [4.78, 5) is 13.3. The molecule has 2 heterocycles. The summed E-state index contributed by atoms with van der Waals surface area (Å²) in [5.74, 6) is 0.649. The minimum absolute atomic E-state index is 0.0837. The molecule has 10 heteroatoms. The molecule has 0 spiro atoms. The van der Waals surface area contributed by atoms with E-state index in [4.69, 9.17) is 9.47 Å². The van der Waals surface area contributed by atoms with Crippen LogP contribution in [0.2, 0.25) is 0 Å². The van der Waals surface area contributed by atoms with Crippen LogP contribution in [-0.4, -0.2) is 89.1 Å². The topological polar surface area (TPSA) is 92.6 Å². The molecule has 0 bridgehead atoms. The quantitative estimate of drug-likeness (QED) is 0.602. The number of piperazine rings is 1. The zero-order valence-electron chi connectivity index (χ0n) is 15.5. The van der Waals surface area contributed by atoms with Crippen LogP contribution < -0.4 is 15.0 Å². The molecule has 0 unspecified atom stereocenters. The lowest BCUT2D eigenvalue weighted by atomic mass is 10.3. The lowest BCUT2D eigenvalue weighted by Gasteiger charge is -2.35. The number of hydrogen-bond donors (Lipinski definition) is 2. The van der Waals surface area contributed by atoms with Gasteiger partial charge in [0.05, 0.1) is 46.5 Å². The van der Waals surface area contributed by atoms with E-state index in [2.05, 4.69) is 5.32 Å². The third kappa shape index (κ3) is 5.17. The van der Waals surface area contributed by atoms with Gasteiger partial charge in [0.15, 0.2) is 6.54 Å². The fourth-order valence-electron chi connectivity index (χ4n) is 3.26. The molecular weight excluding hydrogens is 372 g/mol. The van der Waals surface area contributed by atoms with Crippen molar-refractivity contribution in [3.8, 4) is 5.75 Å². The van der Waals surface area contributed by atoms with Crippen molar-refractivity contribution in [2.24, 2.45) is 0 Å². The van der Waals surface area contributed by atoms with Gasteiger partial charge < -0.3 is 19.7 Å². The molecular formula is C17H27N4O5S+. The van der Waals surface area contributed by atoms with Crippen molar-refractivity contribution in [1.29, 1.82) is 0 Å². The highest BCUT2D eigenvalue weighted by Gasteiger charge is 2.34. The van der Waals surface area contributed by atoms with E-state index < -0.39 is 10.2 Å². The van der Waals surface area contributed by atoms with Crippen LogP contribution in [-0.2, 0) is 19.7 Å². The molecule has 2 N–H and O–H groups in total. The maximum Gasteiger partial charge on any atom is 0.282 e. The summed E-state index contributed by atoms with van der Waals surface area (Å²) < 4.78 is 38.6. The standard InChI is InChI=1S/C17H26N4O5S/c1-25-16-4-2-15(3-5-16)18-17(22)14-19-6-8-20(9-7-19)27(23,24)21-10-12-26-13-11-21/h2-5H,6-14H2,1H3,(H,18,22)/p+1. The van der Waals surface area contributed by atoms with E-state index in [-0.39, 0.29) is 5.91 Å². The van der Waals surface area contributed by atoms with Gasteiger partial charge in [0.25, 0.3) is 16.1 Å². The van der Waals surface area contributed by atoms with Crippen LogP contribution in [0.1, 0.15) is 0 Å². The van der Waals surface area contributed by atoms with Gasteiger partial charge in [-0.1, -0.05) is 0 Å². The molecule has 2 fully saturated rings. The Morgan fingerprint density at radius 3 is 2.30 bits per heavy atom. The number of ether oxygens (including phenoxy) is 2. The SMILES string of the molecule is COc1ccc(NC(=O)C[NH+]2CCN(S(=O)(=O)N3CCOCC3)CC2)cc1.